The molecule has 0 saturated carbocycles. The lowest BCUT2D eigenvalue weighted by molar-refractivity contribution is -0.144. The molecule has 0 spiro atoms. The number of hydrogen-bond acceptors (Lipinski definition) is 1. The van der Waals surface area contributed by atoms with Crippen LogP contribution in [0.5, 0.6) is 0 Å². The van der Waals surface area contributed by atoms with E-state index < -0.39 is 5.97 Å². The van der Waals surface area contributed by atoms with Gasteiger partial charge in [0, 0.05) is 0 Å². The predicted molar refractivity (Wildman–Crippen MR) is 61.1 cm³/mol. The molecule has 0 amide bonds. The quantitative estimate of drug-likeness (QED) is 0.861. The molecule has 0 fully saturated rings. The van der Waals surface area contributed by atoms with Crippen molar-refractivity contribution in [2.45, 2.75) is 20.8 Å². The van der Waals surface area contributed by atoms with E-state index in [1.165, 1.54) is 0 Å². The van der Waals surface area contributed by atoms with E-state index in [4.69, 9.17) is 5.11 Å². The van der Waals surface area contributed by atoms with Crippen molar-refractivity contribution in [1.82, 2.24) is 0 Å². The topological polar surface area (TPSA) is 37.3 Å². The lowest BCUT2D eigenvalue weighted by atomic mass is 9.85. The first-order chi connectivity index (χ1) is 5.86. The molecule has 0 bridgehead atoms. The predicted octanol–water partition coefficient (Wildman–Crippen LogP) is 3.61. The minimum absolute atomic E-state index is 0.0197. The van der Waals surface area contributed by atoms with E-state index in [1.807, 2.05) is 26.8 Å². The zero-order valence-corrected chi connectivity index (χ0v) is 11.1. The van der Waals surface area contributed by atoms with Crippen LogP contribution in [0.1, 0.15) is 20.8 Å². The first-order valence-electron chi connectivity index (χ1n) is 4.12. The van der Waals surface area contributed by atoms with Gasteiger partial charge in [-0.25, -0.2) is 0 Å². The maximum atomic E-state index is 10.9. The van der Waals surface area contributed by atoms with Gasteiger partial charge >= 0.3 is 5.97 Å². The van der Waals surface area contributed by atoms with Crippen molar-refractivity contribution in [2.24, 2.45) is 17.8 Å². The molecule has 2 atom stereocenters. The number of allylic oxidation sites excluding steroid dienone is 1. The number of aliphatic carboxylic acids is 1. The van der Waals surface area contributed by atoms with Gasteiger partial charge in [0.2, 0.25) is 0 Å². The molecule has 0 rings (SSSR count). The SMILES string of the molecule is CC(C)C(C(=O)O)C(C)C=C(Br)Br. The Labute approximate surface area is 95.7 Å². The Morgan fingerprint density at radius 2 is 1.77 bits per heavy atom. The molecule has 0 aromatic carbocycles. The van der Waals surface area contributed by atoms with Gasteiger partial charge in [-0.1, -0.05) is 26.8 Å². The Kier molecular flexibility index (Phi) is 5.88. The number of carboxylic acids is 1. The maximum absolute atomic E-state index is 10.9. The van der Waals surface area contributed by atoms with Gasteiger partial charge in [-0.2, -0.15) is 0 Å². The van der Waals surface area contributed by atoms with Crippen LogP contribution in [0.4, 0.5) is 0 Å². The smallest absolute Gasteiger partial charge is 0.307 e. The summed E-state index contributed by atoms with van der Waals surface area (Å²) in [5.74, 6) is -0.903. The Morgan fingerprint density at radius 1 is 1.31 bits per heavy atom. The van der Waals surface area contributed by atoms with Gasteiger partial charge in [0.05, 0.1) is 9.31 Å². The fraction of sp³-hybridized carbons (Fsp3) is 0.667. The number of halogens is 2. The van der Waals surface area contributed by atoms with Crippen LogP contribution in [0.15, 0.2) is 9.47 Å². The number of hydrogen-bond donors (Lipinski definition) is 1. The van der Waals surface area contributed by atoms with Gasteiger partial charge in [0.15, 0.2) is 0 Å². The van der Waals surface area contributed by atoms with Crippen molar-refractivity contribution in [3.05, 3.63) is 9.47 Å². The summed E-state index contributed by atoms with van der Waals surface area (Å²) in [5.41, 5.74) is 0. The molecule has 1 N–H and O–H groups in total. The number of carboxylic acid groups (broad SMARTS) is 1. The highest BCUT2D eigenvalue weighted by atomic mass is 79.9. The second kappa shape index (κ2) is 5.81. The highest BCUT2D eigenvalue weighted by molar-refractivity contribution is 9.28. The van der Waals surface area contributed by atoms with Crippen molar-refractivity contribution in [3.8, 4) is 0 Å². The molecule has 4 heteroatoms. The average Bonchev–Trinajstić information content (AvgIpc) is 1.81. The third kappa shape index (κ3) is 4.81. The van der Waals surface area contributed by atoms with Gasteiger partial charge in [-0.15, -0.1) is 0 Å². The summed E-state index contributed by atoms with van der Waals surface area (Å²) < 4.78 is 0.805. The summed E-state index contributed by atoms with van der Waals surface area (Å²) in [5, 5.41) is 8.97. The van der Waals surface area contributed by atoms with Gasteiger partial charge in [0.1, 0.15) is 0 Å². The Morgan fingerprint density at radius 3 is 2.00 bits per heavy atom. The standard InChI is InChI=1S/C9H14Br2O2/c1-5(2)8(9(12)13)6(3)4-7(10)11/h4-6,8H,1-3H3,(H,12,13). The van der Waals surface area contributed by atoms with E-state index in [0.717, 1.165) is 3.39 Å². The Balaban J connectivity index is 4.56. The van der Waals surface area contributed by atoms with Crippen LogP contribution >= 0.6 is 31.9 Å². The van der Waals surface area contributed by atoms with Crippen LogP contribution in [-0.2, 0) is 4.79 Å². The van der Waals surface area contributed by atoms with E-state index in [1.54, 1.807) is 0 Å². The molecular weight excluding hydrogens is 300 g/mol. The summed E-state index contributed by atoms with van der Waals surface area (Å²) in [6, 6.07) is 0. The van der Waals surface area contributed by atoms with E-state index in [2.05, 4.69) is 31.9 Å². The molecular formula is C9H14Br2O2. The summed E-state index contributed by atoms with van der Waals surface area (Å²) in [6.07, 6.45) is 1.86. The minimum atomic E-state index is -0.736. The van der Waals surface area contributed by atoms with Crippen molar-refractivity contribution in [3.63, 3.8) is 0 Å². The summed E-state index contributed by atoms with van der Waals surface area (Å²) in [7, 11) is 0. The first kappa shape index (κ1) is 13.2. The third-order valence-corrected chi connectivity index (χ3v) is 2.49. The molecule has 13 heavy (non-hydrogen) atoms. The molecule has 0 aliphatic rings. The highest BCUT2D eigenvalue weighted by Crippen LogP contribution is 2.26. The van der Waals surface area contributed by atoms with E-state index in [-0.39, 0.29) is 17.8 Å². The molecule has 0 aliphatic carbocycles. The van der Waals surface area contributed by atoms with Gasteiger partial charge in [-0.3, -0.25) is 4.79 Å². The minimum Gasteiger partial charge on any atom is -0.481 e. The monoisotopic (exact) mass is 312 g/mol. The summed E-state index contributed by atoms with van der Waals surface area (Å²) in [6.45, 7) is 5.75. The largest absolute Gasteiger partial charge is 0.481 e. The summed E-state index contributed by atoms with van der Waals surface area (Å²) in [4.78, 5) is 10.9. The zero-order chi connectivity index (χ0) is 10.6. The molecule has 2 nitrogen and oxygen atoms in total. The van der Waals surface area contributed by atoms with Crippen LogP contribution in [0, 0.1) is 17.8 Å². The van der Waals surface area contributed by atoms with Crippen LogP contribution < -0.4 is 0 Å². The molecule has 0 aliphatic heterocycles. The number of rotatable bonds is 4. The Bertz CT molecular complexity index is 208. The second-order valence-corrected chi connectivity index (χ2v) is 6.20. The molecule has 0 heterocycles. The van der Waals surface area contributed by atoms with E-state index in [9.17, 15) is 4.79 Å². The van der Waals surface area contributed by atoms with Crippen molar-refractivity contribution < 1.29 is 9.90 Å². The first-order valence-corrected chi connectivity index (χ1v) is 5.70. The van der Waals surface area contributed by atoms with E-state index >= 15 is 0 Å². The van der Waals surface area contributed by atoms with Crippen LogP contribution in [0.25, 0.3) is 0 Å². The fourth-order valence-electron chi connectivity index (χ4n) is 1.42. The van der Waals surface area contributed by atoms with Gasteiger partial charge in [-0.05, 0) is 43.7 Å². The fourth-order valence-corrected chi connectivity index (χ4v) is 2.25. The highest BCUT2D eigenvalue weighted by Gasteiger charge is 2.26. The molecule has 0 radical (unpaired) electrons. The molecule has 0 saturated heterocycles. The third-order valence-electron chi connectivity index (χ3n) is 1.96. The maximum Gasteiger partial charge on any atom is 0.307 e. The lowest BCUT2D eigenvalue weighted by Crippen LogP contribution is -2.25. The van der Waals surface area contributed by atoms with Crippen molar-refractivity contribution >= 4 is 37.8 Å². The van der Waals surface area contributed by atoms with E-state index in [0.29, 0.717) is 0 Å². The molecule has 0 aromatic heterocycles. The molecule has 0 aromatic rings. The van der Waals surface area contributed by atoms with Crippen molar-refractivity contribution in [2.75, 3.05) is 0 Å². The summed E-state index contributed by atoms with van der Waals surface area (Å²) >= 11 is 6.45. The zero-order valence-electron chi connectivity index (χ0n) is 7.92. The average molecular weight is 314 g/mol. The van der Waals surface area contributed by atoms with Gasteiger partial charge in [0.25, 0.3) is 0 Å². The second-order valence-electron chi connectivity index (χ2n) is 3.42. The Hall–Kier alpha value is 0.170. The van der Waals surface area contributed by atoms with Crippen LogP contribution in [0.3, 0.4) is 0 Å². The van der Waals surface area contributed by atoms with Gasteiger partial charge < -0.3 is 5.11 Å². The van der Waals surface area contributed by atoms with Crippen LogP contribution in [0.2, 0.25) is 0 Å². The normalized spacial score (nSPS) is 15.2. The lowest BCUT2D eigenvalue weighted by Gasteiger charge is -2.20. The molecule has 76 valence electrons. The molecule has 2 unspecified atom stereocenters. The number of carbonyl (C=O) groups is 1. The van der Waals surface area contributed by atoms with Crippen molar-refractivity contribution in [1.29, 1.82) is 0 Å². The van der Waals surface area contributed by atoms with Crippen LogP contribution in [-0.4, -0.2) is 11.1 Å².